The lowest BCUT2D eigenvalue weighted by molar-refractivity contribution is -0.162. The summed E-state index contributed by atoms with van der Waals surface area (Å²) >= 11 is 0. The second kappa shape index (κ2) is 16.6. The Morgan fingerprint density at radius 2 is 1.52 bits per heavy atom. The van der Waals surface area contributed by atoms with Crippen LogP contribution in [0.1, 0.15) is 72.8 Å². The summed E-state index contributed by atoms with van der Waals surface area (Å²) in [7, 11) is 1.52. The number of nitrogens with one attached hydrogen (secondary N) is 3. The number of carbonyl (C=O) groups excluding carboxylic acids is 6. The van der Waals surface area contributed by atoms with Gasteiger partial charge in [-0.05, 0) is 42.6 Å². The fourth-order valence-corrected chi connectivity index (χ4v) is 6.10. The van der Waals surface area contributed by atoms with Gasteiger partial charge in [-0.1, -0.05) is 71.9 Å². The van der Waals surface area contributed by atoms with E-state index in [1.165, 1.54) is 16.8 Å². The van der Waals surface area contributed by atoms with Crippen molar-refractivity contribution in [2.45, 2.75) is 104 Å². The summed E-state index contributed by atoms with van der Waals surface area (Å²) in [5.74, 6) is -3.67. The number of amides is 5. The lowest BCUT2D eigenvalue weighted by Crippen LogP contribution is -2.60. The highest BCUT2D eigenvalue weighted by Crippen LogP contribution is 2.23. The van der Waals surface area contributed by atoms with Crippen molar-refractivity contribution in [2.24, 2.45) is 17.8 Å². The van der Waals surface area contributed by atoms with Crippen molar-refractivity contribution >= 4 is 35.5 Å². The minimum absolute atomic E-state index is 0.0191. The molecule has 0 spiro atoms. The molecule has 0 aromatic heterocycles. The summed E-state index contributed by atoms with van der Waals surface area (Å²) in [6, 6.07) is 5.42. The molecule has 2 aliphatic heterocycles. The van der Waals surface area contributed by atoms with Gasteiger partial charge in [-0.25, -0.2) is 0 Å². The molecular weight excluding hydrogens is 590 g/mol. The van der Waals surface area contributed by atoms with Crippen molar-refractivity contribution in [1.29, 1.82) is 0 Å². The standard InChI is InChI=1S/C34H51N5O7/c1-20(2)18-26-33(44)39-17-11-14-25(39)31(42)36-24(19-23-12-9-8-10-13-23)30(41)37-28(21(3)4)34(45)38(7)29(22(5)6)32(43)35-16-15-27(40)46-26/h8-10,12-13,20-22,24-26,28-29H,11,14-19H2,1-7H3,(H,35,43)(H,36,42)(H,37,41)/t24-,25-,26-,28-,29-/m0/s1. The molecule has 2 fully saturated rings. The van der Waals surface area contributed by atoms with Crippen molar-refractivity contribution in [1.82, 2.24) is 25.8 Å². The van der Waals surface area contributed by atoms with Crippen LogP contribution >= 0.6 is 0 Å². The van der Waals surface area contributed by atoms with E-state index < -0.39 is 65.8 Å². The maximum absolute atomic E-state index is 13.9. The first-order chi connectivity index (χ1) is 21.7. The Hall–Kier alpha value is -3.96. The second-order valence-electron chi connectivity index (χ2n) is 13.5. The molecule has 0 saturated carbocycles. The van der Waals surface area contributed by atoms with Gasteiger partial charge in [0.1, 0.15) is 24.2 Å². The quantitative estimate of drug-likeness (QED) is 0.401. The van der Waals surface area contributed by atoms with E-state index in [0.29, 0.717) is 19.4 Å². The number of esters is 1. The zero-order chi connectivity index (χ0) is 34.1. The third-order valence-electron chi connectivity index (χ3n) is 8.51. The van der Waals surface area contributed by atoms with Crippen molar-refractivity contribution in [3.63, 3.8) is 0 Å². The molecule has 2 heterocycles. The summed E-state index contributed by atoms with van der Waals surface area (Å²) in [5.41, 5.74) is 0.797. The molecule has 3 N–H and O–H groups in total. The Morgan fingerprint density at radius 1 is 0.848 bits per heavy atom. The highest BCUT2D eigenvalue weighted by molar-refractivity contribution is 5.96. The van der Waals surface area contributed by atoms with E-state index in [1.807, 2.05) is 44.2 Å². The number of nitrogens with zero attached hydrogens (tertiary/aromatic N) is 2. The van der Waals surface area contributed by atoms with Crippen LogP contribution in [0.15, 0.2) is 30.3 Å². The van der Waals surface area contributed by atoms with Crippen molar-refractivity contribution < 1.29 is 33.5 Å². The highest BCUT2D eigenvalue weighted by atomic mass is 16.5. The number of ether oxygens (including phenoxy) is 1. The Labute approximate surface area is 272 Å². The molecule has 1 aromatic carbocycles. The first-order valence-corrected chi connectivity index (χ1v) is 16.4. The van der Waals surface area contributed by atoms with Crippen molar-refractivity contribution in [3.8, 4) is 0 Å². The summed E-state index contributed by atoms with van der Waals surface area (Å²) in [4.78, 5) is 84.3. The SMILES string of the molecule is CC(C)C[C@@H]1OC(=O)CCNC(=O)[C@H](C(C)C)N(C)C(=O)[C@H](C(C)C)NC(=O)[C@H](Cc2ccccc2)NC(=O)[C@@H]2CCCN2C1=O. The first-order valence-electron chi connectivity index (χ1n) is 16.4. The van der Waals surface area contributed by atoms with Crippen LogP contribution in [0.3, 0.4) is 0 Å². The number of hydrogen-bond acceptors (Lipinski definition) is 7. The van der Waals surface area contributed by atoms with Gasteiger partial charge in [0.25, 0.3) is 5.91 Å². The monoisotopic (exact) mass is 641 g/mol. The van der Waals surface area contributed by atoms with E-state index >= 15 is 0 Å². The summed E-state index contributed by atoms with van der Waals surface area (Å²) in [6.45, 7) is 11.3. The first kappa shape index (κ1) is 36.5. The second-order valence-corrected chi connectivity index (χ2v) is 13.5. The van der Waals surface area contributed by atoms with Crippen LogP contribution in [0.5, 0.6) is 0 Å². The van der Waals surface area contributed by atoms with Gasteiger partial charge < -0.3 is 30.5 Å². The molecule has 254 valence electrons. The largest absolute Gasteiger partial charge is 0.452 e. The number of cyclic esters (lactones) is 1. The highest BCUT2D eigenvalue weighted by Gasteiger charge is 2.41. The number of benzene rings is 1. The average molecular weight is 642 g/mol. The third kappa shape index (κ3) is 9.53. The van der Waals surface area contributed by atoms with Crippen molar-refractivity contribution in [2.75, 3.05) is 20.1 Å². The number of likely N-dealkylation sites (N-methyl/N-ethyl adjacent to an activating group) is 1. The van der Waals surface area contributed by atoms with Gasteiger partial charge >= 0.3 is 5.97 Å². The van der Waals surface area contributed by atoms with Gasteiger partial charge in [0.05, 0.1) is 6.42 Å². The van der Waals surface area contributed by atoms with Gasteiger partial charge in [-0.3, -0.25) is 28.8 Å². The van der Waals surface area contributed by atoms with Crippen LogP contribution in [0.4, 0.5) is 0 Å². The molecule has 46 heavy (non-hydrogen) atoms. The molecule has 1 aromatic rings. The zero-order valence-electron chi connectivity index (χ0n) is 28.2. The predicted octanol–water partition coefficient (Wildman–Crippen LogP) is 1.81. The molecule has 5 amide bonds. The molecular formula is C34H51N5O7. The predicted molar refractivity (Wildman–Crippen MR) is 172 cm³/mol. The summed E-state index contributed by atoms with van der Waals surface area (Å²) in [5, 5.41) is 8.46. The molecule has 3 rings (SSSR count). The van der Waals surface area contributed by atoms with Crippen LogP contribution in [0.2, 0.25) is 0 Å². The van der Waals surface area contributed by atoms with E-state index in [-0.39, 0.29) is 43.6 Å². The fraction of sp³-hybridized carbons (Fsp3) is 0.647. The van der Waals surface area contributed by atoms with Crippen LogP contribution in [-0.2, 0) is 39.9 Å². The molecule has 0 bridgehead atoms. The van der Waals surface area contributed by atoms with E-state index in [4.69, 9.17) is 4.74 Å². The Kier molecular flexibility index (Phi) is 13.1. The molecule has 0 aliphatic carbocycles. The number of carbonyl (C=O) groups is 6. The summed E-state index contributed by atoms with van der Waals surface area (Å²) < 4.78 is 5.65. The molecule has 0 unspecified atom stereocenters. The number of fused-ring (bicyclic) bond motifs is 1. The third-order valence-corrected chi connectivity index (χ3v) is 8.51. The summed E-state index contributed by atoms with van der Waals surface area (Å²) in [6.07, 6.45) is 0.103. The Balaban J connectivity index is 2.03. The topological polar surface area (TPSA) is 154 Å². The average Bonchev–Trinajstić information content (AvgIpc) is 3.48. The molecule has 5 atom stereocenters. The van der Waals surface area contributed by atoms with Gasteiger partial charge in [0.15, 0.2) is 6.10 Å². The van der Waals surface area contributed by atoms with Gasteiger partial charge in [0.2, 0.25) is 23.6 Å². The number of hydrogen-bond donors (Lipinski definition) is 3. The lowest BCUT2D eigenvalue weighted by Gasteiger charge is -2.35. The molecule has 2 saturated heterocycles. The van der Waals surface area contributed by atoms with Crippen LogP contribution < -0.4 is 16.0 Å². The molecule has 12 nitrogen and oxygen atoms in total. The van der Waals surface area contributed by atoms with Crippen LogP contribution in [0, 0.1) is 17.8 Å². The van der Waals surface area contributed by atoms with Gasteiger partial charge in [-0.15, -0.1) is 0 Å². The van der Waals surface area contributed by atoms with E-state index in [1.54, 1.807) is 27.7 Å². The molecule has 0 radical (unpaired) electrons. The zero-order valence-corrected chi connectivity index (χ0v) is 28.2. The van der Waals surface area contributed by atoms with Crippen LogP contribution in [-0.4, -0.2) is 95.7 Å². The number of rotatable bonds is 6. The van der Waals surface area contributed by atoms with Gasteiger partial charge in [-0.2, -0.15) is 0 Å². The Bertz CT molecular complexity index is 1250. The van der Waals surface area contributed by atoms with Crippen molar-refractivity contribution in [3.05, 3.63) is 35.9 Å². The van der Waals surface area contributed by atoms with E-state index in [0.717, 1.165) is 5.56 Å². The van der Waals surface area contributed by atoms with E-state index in [2.05, 4.69) is 16.0 Å². The van der Waals surface area contributed by atoms with E-state index in [9.17, 15) is 28.8 Å². The Morgan fingerprint density at radius 3 is 2.13 bits per heavy atom. The maximum atomic E-state index is 13.9. The normalized spacial score (nSPS) is 26.3. The minimum Gasteiger partial charge on any atom is -0.452 e. The smallest absolute Gasteiger partial charge is 0.308 e. The molecule has 12 heteroatoms. The van der Waals surface area contributed by atoms with Crippen LogP contribution in [0.25, 0.3) is 0 Å². The molecule has 2 aliphatic rings. The maximum Gasteiger partial charge on any atom is 0.308 e. The minimum atomic E-state index is -1.10. The lowest BCUT2D eigenvalue weighted by atomic mass is 9.97. The fourth-order valence-electron chi connectivity index (χ4n) is 6.10. The van der Waals surface area contributed by atoms with Gasteiger partial charge in [0, 0.05) is 26.6 Å².